The van der Waals surface area contributed by atoms with Crippen LogP contribution in [0.5, 0.6) is 0 Å². The predicted octanol–water partition coefficient (Wildman–Crippen LogP) is 13.1. The topological polar surface area (TPSA) is 43.9 Å². The van der Waals surface area contributed by atoms with Crippen molar-refractivity contribution in [2.75, 3.05) is 0 Å². The molecule has 244 valence electrons. The van der Waals surface area contributed by atoms with Gasteiger partial charge in [0.1, 0.15) is 11.2 Å². The van der Waals surface area contributed by atoms with E-state index in [9.17, 15) is 0 Å². The van der Waals surface area contributed by atoms with Crippen LogP contribution in [-0.2, 0) is 7.05 Å². The van der Waals surface area contributed by atoms with Crippen LogP contribution in [0.3, 0.4) is 0 Å². The van der Waals surface area contributed by atoms with Crippen LogP contribution in [0.1, 0.15) is 0 Å². The Bertz CT molecular complexity index is 3200. The maximum Gasteiger partial charge on any atom is 0.160 e. The first-order valence-corrected chi connectivity index (χ1v) is 18.3. The van der Waals surface area contributed by atoms with Crippen LogP contribution >= 0.6 is 11.3 Å². The molecule has 0 amide bonds. The van der Waals surface area contributed by atoms with Crippen molar-refractivity contribution in [3.63, 3.8) is 0 Å². The first kappa shape index (κ1) is 29.2. The van der Waals surface area contributed by atoms with Crippen LogP contribution in [0.25, 0.3) is 109 Å². The molecule has 0 fully saturated rings. The summed E-state index contributed by atoms with van der Waals surface area (Å²) >= 11 is 1.83. The molecule has 0 aliphatic heterocycles. The Labute approximate surface area is 302 Å². The zero-order valence-electron chi connectivity index (χ0n) is 28.2. The molecule has 0 spiro atoms. The van der Waals surface area contributed by atoms with E-state index in [1.165, 1.54) is 47.4 Å². The minimum Gasteiger partial charge on any atom is -0.456 e. The minimum absolute atomic E-state index is 0.704. The quantitative estimate of drug-likeness (QED) is 0.185. The van der Waals surface area contributed by atoms with Crippen molar-refractivity contribution in [3.8, 4) is 45.0 Å². The molecule has 0 radical (unpaired) electrons. The Kier molecular flexibility index (Phi) is 6.30. The SMILES string of the molecule is Cn1c2ccccc2c2cc(-c3nc(-c4ccccc4)cc(-c4cccc(-c5ccc6oc7ccc8sc9ccccc9c8c7c6c5)c4)n3)ccc21. The van der Waals surface area contributed by atoms with Crippen molar-refractivity contribution >= 4 is 75.3 Å². The number of rotatable bonds is 4. The van der Waals surface area contributed by atoms with E-state index in [2.05, 4.69) is 163 Å². The second-order valence-electron chi connectivity index (χ2n) is 13.4. The summed E-state index contributed by atoms with van der Waals surface area (Å²) in [6, 6.07) is 55.8. The van der Waals surface area contributed by atoms with Crippen molar-refractivity contribution < 1.29 is 4.42 Å². The molecule has 0 aliphatic rings. The lowest BCUT2D eigenvalue weighted by Crippen LogP contribution is -1.96. The highest BCUT2D eigenvalue weighted by Gasteiger charge is 2.17. The molecule has 11 aromatic rings. The highest BCUT2D eigenvalue weighted by atomic mass is 32.1. The van der Waals surface area contributed by atoms with Gasteiger partial charge in [-0.25, -0.2) is 9.97 Å². The van der Waals surface area contributed by atoms with E-state index < -0.39 is 0 Å². The fourth-order valence-corrected chi connectivity index (χ4v) is 9.02. The lowest BCUT2D eigenvalue weighted by Gasteiger charge is -2.11. The fraction of sp³-hybridized carbons (Fsp3) is 0.0213. The van der Waals surface area contributed by atoms with Crippen molar-refractivity contribution in [2.24, 2.45) is 7.05 Å². The van der Waals surface area contributed by atoms with E-state index in [1.54, 1.807) is 0 Å². The number of hydrogen-bond donors (Lipinski definition) is 0. The van der Waals surface area contributed by atoms with E-state index >= 15 is 0 Å². The highest BCUT2D eigenvalue weighted by molar-refractivity contribution is 7.26. The van der Waals surface area contributed by atoms with Gasteiger partial charge in [-0.05, 0) is 77.9 Å². The summed E-state index contributed by atoms with van der Waals surface area (Å²) in [6.07, 6.45) is 0. The van der Waals surface area contributed by atoms with Gasteiger partial charge in [0, 0.05) is 76.5 Å². The summed E-state index contributed by atoms with van der Waals surface area (Å²) in [7, 11) is 2.12. The number of benzene rings is 7. The second-order valence-corrected chi connectivity index (χ2v) is 14.5. The molecule has 0 aliphatic carbocycles. The summed E-state index contributed by atoms with van der Waals surface area (Å²) in [5.74, 6) is 0.704. The van der Waals surface area contributed by atoms with Gasteiger partial charge in [0.2, 0.25) is 0 Å². The highest BCUT2D eigenvalue weighted by Crippen LogP contribution is 2.43. The number of aryl methyl sites for hydroxylation is 1. The van der Waals surface area contributed by atoms with Crippen LogP contribution in [0, 0.1) is 0 Å². The Hall–Kier alpha value is -6.56. The molecule has 0 atom stereocenters. The molecule has 4 aromatic heterocycles. The van der Waals surface area contributed by atoms with Crippen molar-refractivity contribution in [2.45, 2.75) is 0 Å². The largest absolute Gasteiger partial charge is 0.456 e. The van der Waals surface area contributed by atoms with Crippen molar-refractivity contribution in [1.82, 2.24) is 14.5 Å². The van der Waals surface area contributed by atoms with Gasteiger partial charge in [-0.15, -0.1) is 11.3 Å². The maximum absolute atomic E-state index is 6.41. The Balaban J connectivity index is 1.07. The van der Waals surface area contributed by atoms with Crippen LogP contribution in [-0.4, -0.2) is 14.5 Å². The zero-order chi connectivity index (χ0) is 34.3. The number of para-hydroxylation sites is 1. The Morgan fingerprint density at radius 3 is 2.02 bits per heavy atom. The van der Waals surface area contributed by atoms with E-state index in [-0.39, 0.29) is 0 Å². The fourth-order valence-electron chi connectivity index (χ4n) is 7.91. The minimum atomic E-state index is 0.704. The lowest BCUT2D eigenvalue weighted by atomic mass is 9.98. The van der Waals surface area contributed by atoms with Gasteiger partial charge in [-0.1, -0.05) is 91.0 Å². The lowest BCUT2D eigenvalue weighted by molar-refractivity contribution is 0.669. The van der Waals surface area contributed by atoms with Crippen LogP contribution < -0.4 is 0 Å². The molecular formula is C47H29N3OS. The standard InChI is InChI=1S/C47H29N3OS/c1-50-39-16-7-5-14-33(39)35-26-32(18-20-40(35)50)47-48-37(28-10-3-2-4-11-28)27-38(49-47)31-13-9-12-29(24-31)30-19-21-41-36(25-30)45-42(51-41)22-23-44-46(45)34-15-6-8-17-43(34)52-44/h2-27H,1H3. The first-order valence-electron chi connectivity index (χ1n) is 17.5. The van der Waals surface area contributed by atoms with Gasteiger partial charge < -0.3 is 8.98 Å². The Morgan fingerprint density at radius 2 is 1.12 bits per heavy atom. The van der Waals surface area contributed by atoms with E-state index in [0.29, 0.717) is 5.82 Å². The summed E-state index contributed by atoms with van der Waals surface area (Å²) in [6.45, 7) is 0. The van der Waals surface area contributed by atoms with Gasteiger partial charge in [0.05, 0.1) is 11.4 Å². The average molecular weight is 684 g/mol. The van der Waals surface area contributed by atoms with Crippen molar-refractivity contribution in [1.29, 1.82) is 0 Å². The smallest absolute Gasteiger partial charge is 0.160 e. The number of thiophene rings is 1. The van der Waals surface area contributed by atoms with Crippen molar-refractivity contribution in [3.05, 3.63) is 158 Å². The molecule has 4 nitrogen and oxygen atoms in total. The predicted molar refractivity (Wildman–Crippen MR) is 218 cm³/mol. The third kappa shape index (κ3) is 4.46. The average Bonchev–Trinajstić information content (AvgIpc) is 3.87. The molecule has 5 heteroatoms. The molecule has 0 saturated carbocycles. The van der Waals surface area contributed by atoms with E-state index in [4.69, 9.17) is 14.4 Å². The molecule has 0 bridgehead atoms. The molecule has 4 heterocycles. The maximum atomic E-state index is 6.41. The number of furan rings is 1. The summed E-state index contributed by atoms with van der Waals surface area (Å²) < 4.78 is 11.2. The number of fused-ring (bicyclic) bond motifs is 10. The Morgan fingerprint density at radius 1 is 0.442 bits per heavy atom. The van der Waals surface area contributed by atoms with Gasteiger partial charge in [-0.2, -0.15) is 0 Å². The molecule has 0 saturated heterocycles. The molecule has 11 rings (SSSR count). The monoisotopic (exact) mass is 683 g/mol. The molecule has 0 unspecified atom stereocenters. The third-order valence-electron chi connectivity index (χ3n) is 10.4. The summed E-state index contributed by atoms with van der Waals surface area (Å²) in [5, 5.41) is 7.28. The van der Waals surface area contributed by atoms with Crippen LogP contribution in [0.4, 0.5) is 0 Å². The number of hydrogen-bond acceptors (Lipinski definition) is 4. The summed E-state index contributed by atoms with van der Waals surface area (Å²) in [4.78, 5) is 10.4. The molecule has 7 aromatic carbocycles. The molecular weight excluding hydrogens is 655 g/mol. The molecule has 0 N–H and O–H groups in total. The third-order valence-corrected chi connectivity index (χ3v) is 11.6. The summed E-state index contributed by atoms with van der Waals surface area (Å²) in [5.41, 5.74) is 11.3. The normalized spacial score (nSPS) is 11.9. The van der Waals surface area contributed by atoms with Crippen LogP contribution in [0.2, 0.25) is 0 Å². The van der Waals surface area contributed by atoms with Crippen LogP contribution in [0.15, 0.2) is 162 Å². The van der Waals surface area contributed by atoms with E-state index in [1.807, 2.05) is 17.4 Å². The van der Waals surface area contributed by atoms with E-state index in [0.717, 1.165) is 55.8 Å². The van der Waals surface area contributed by atoms with Gasteiger partial charge in [0.15, 0.2) is 5.82 Å². The van der Waals surface area contributed by atoms with Gasteiger partial charge in [0.25, 0.3) is 0 Å². The zero-order valence-corrected chi connectivity index (χ0v) is 29.0. The van der Waals surface area contributed by atoms with Gasteiger partial charge >= 0.3 is 0 Å². The first-order chi connectivity index (χ1) is 25.7. The molecule has 52 heavy (non-hydrogen) atoms. The number of aromatic nitrogens is 3. The van der Waals surface area contributed by atoms with Gasteiger partial charge in [-0.3, -0.25) is 0 Å². The number of nitrogens with zero attached hydrogens (tertiary/aromatic N) is 3. The second kappa shape index (κ2) is 11.2.